The number of nitrogens with zero attached hydrogens (tertiary/aromatic N) is 2. The first kappa shape index (κ1) is 52.1. The van der Waals surface area contributed by atoms with Gasteiger partial charge in [0.1, 0.15) is 0 Å². The van der Waals surface area contributed by atoms with Crippen molar-refractivity contribution in [1.29, 1.82) is 0 Å². The molecule has 3 aromatic carbocycles. The van der Waals surface area contributed by atoms with Crippen molar-refractivity contribution in [2.45, 2.75) is 192 Å². The van der Waals surface area contributed by atoms with Crippen molar-refractivity contribution in [3.8, 4) is 0 Å². The highest BCUT2D eigenvalue weighted by Crippen LogP contribution is 2.28. The standard InChI is InChI=1S/C27H46N2.C18H29N.C12H19N/c1-22(2)13-18-28-19-15-26(16-20-28)29(21-14-23(3)4)25-10-8-24(9-11-25)12-17-27(5,6)7;1-18(2,3)14-13-15-9-11-17(12-10-15)19-16-7-5-4-6-8-16;1-12(2,3)9-8-10-4-6-11(13)7-5-10/h8-11,14,22,26H,12-13,15-21H2,1-7H3;9-12,16,19H,4-8,13-14H2,1-3H3;4-7H,8-9,13H2,1-3H3. The Hall–Kier alpha value is -3.24. The van der Waals surface area contributed by atoms with E-state index in [9.17, 15) is 0 Å². The van der Waals surface area contributed by atoms with Crippen LogP contribution in [0.5, 0.6) is 0 Å². The lowest BCUT2D eigenvalue weighted by Gasteiger charge is -2.40. The Labute approximate surface area is 377 Å². The van der Waals surface area contributed by atoms with E-state index in [2.05, 4.69) is 172 Å². The lowest BCUT2D eigenvalue weighted by atomic mass is 9.88. The van der Waals surface area contributed by atoms with Gasteiger partial charge in [-0.1, -0.05) is 143 Å². The van der Waals surface area contributed by atoms with Crippen molar-refractivity contribution in [3.05, 3.63) is 101 Å². The number of piperidine rings is 1. The maximum absolute atomic E-state index is 5.61. The van der Waals surface area contributed by atoms with Crippen LogP contribution in [0.3, 0.4) is 0 Å². The van der Waals surface area contributed by atoms with Crippen LogP contribution in [0.1, 0.15) is 177 Å². The highest BCUT2D eigenvalue weighted by atomic mass is 15.2. The lowest BCUT2D eigenvalue weighted by molar-refractivity contribution is 0.200. The Bertz CT molecular complexity index is 1610. The summed E-state index contributed by atoms with van der Waals surface area (Å²) in [5.74, 6) is 0.804. The Morgan fingerprint density at radius 3 is 1.52 bits per heavy atom. The second-order valence-electron chi connectivity index (χ2n) is 23.0. The third kappa shape index (κ3) is 23.7. The van der Waals surface area contributed by atoms with Crippen molar-refractivity contribution < 1.29 is 0 Å². The molecule has 0 atom stereocenters. The van der Waals surface area contributed by atoms with E-state index in [0.717, 1.165) is 24.6 Å². The van der Waals surface area contributed by atoms with Gasteiger partial charge < -0.3 is 20.9 Å². The highest BCUT2D eigenvalue weighted by molar-refractivity contribution is 5.50. The van der Waals surface area contributed by atoms with Gasteiger partial charge >= 0.3 is 0 Å². The molecule has 0 radical (unpaired) electrons. The molecular formula is C57H94N4. The molecule has 1 aliphatic heterocycles. The van der Waals surface area contributed by atoms with E-state index in [1.54, 1.807) is 0 Å². The van der Waals surface area contributed by atoms with Crippen molar-refractivity contribution in [2.75, 3.05) is 42.1 Å². The van der Waals surface area contributed by atoms with Crippen molar-refractivity contribution >= 4 is 17.1 Å². The van der Waals surface area contributed by atoms with Crippen LogP contribution in [-0.4, -0.2) is 43.2 Å². The fourth-order valence-electron chi connectivity index (χ4n) is 7.99. The van der Waals surface area contributed by atoms with E-state index in [4.69, 9.17) is 5.73 Å². The van der Waals surface area contributed by atoms with Gasteiger partial charge in [0.25, 0.3) is 0 Å². The number of allylic oxidation sites excluding steroid dienone is 1. The summed E-state index contributed by atoms with van der Waals surface area (Å²) in [6, 6.07) is 28.0. The number of anilines is 3. The Morgan fingerprint density at radius 1 is 0.656 bits per heavy atom. The van der Waals surface area contributed by atoms with Crippen molar-refractivity contribution in [1.82, 2.24) is 4.90 Å². The Kier molecular flexibility index (Phi) is 22.0. The van der Waals surface area contributed by atoms with Crippen LogP contribution in [0, 0.1) is 22.2 Å². The summed E-state index contributed by atoms with van der Waals surface area (Å²) < 4.78 is 0. The minimum Gasteiger partial charge on any atom is -0.399 e. The molecule has 2 fully saturated rings. The molecule has 1 aliphatic carbocycles. The number of nitrogen functional groups attached to an aromatic ring is 1. The second-order valence-corrected chi connectivity index (χ2v) is 23.0. The van der Waals surface area contributed by atoms with Gasteiger partial charge in [0, 0.05) is 48.8 Å². The zero-order valence-electron chi connectivity index (χ0n) is 41.9. The van der Waals surface area contributed by atoms with Gasteiger partial charge in [-0.25, -0.2) is 0 Å². The summed E-state index contributed by atoms with van der Waals surface area (Å²) >= 11 is 0. The Morgan fingerprint density at radius 2 is 1.10 bits per heavy atom. The van der Waals surface area contributed by atoms with Crippen molar-refractivity contribution in [2.24, 2.45) is 22.2 Å². The molecule has 2 aliphatic rings. The molecular weight excluding hydrogens is 741 g/mol. The minimum absolute atomic E-state index is 0.400. The van der Waals surface area contributed by atoms with E-state index in [-0.39, 0.29) is 0 Å². The van der Waals surface area contributed by atoms with E-state index < -0.39 is 0 Å². The van der Waals surface area contributed by atoms with Gasteiger partial charge in [-0.15, -0.1) is 0 Å². The molecule has 0 aromatic heterocycles. The lowest BCUT2D eigenvalue weighted by Crippen LogP contribution is -2.45. The predicted molar refractivity (Wildman–Crippen MR) is 273 cm³/mol. The maximum atomic E-state index is 5.61. The number of nitrogens with one attached hydrogen (secondary N) is 1. The molecule has 4 nitrogen and oxygen atoms in total. The molecule has 4 heteroatoms. The zero-order valence-corrected chi connectivity index (χ0v) is 41.9. The van der Waals surface area contributed by atoms with Gasteiger partial charge in [-0.2, -0.15) is 0 Å². The highest BCUT2D eigenvalue weighted by Gasteiger charge is 2.25. The molecule has 1 saturated heterocycles. The number of likely N-dealkylation sites (tertiary alicyclic amines) is 1. The Balaban J connectivity index is 0.000000265. The molecule has 0 bridgehead atoms. The molecule has 0 spiro atoms. The van der Waals surface area contributed by atoms with Gasteiger partial charge in [-0.05, 0) is 166 Å². The second kappa shape index (κ2) is 25.8. The topological polar surface area (TPSA) is 44.5 Å². The molecule has 342 valence electrons. The largest absolute Gasteiger partial charge is 0.399 e. The number of nitrogens with two attached hydrogens (primary N) is 1. The monoisotopic (exact) mass is 835 g/mol. The minimum atomic E-state index is 0.400. The zero-order chi connectivity index (χ0) is 45.1. The van der Waals surface area contributed by atoms with Crippen LogP contribution in [-0.2, 0) is 19.3 Å². The van der Waals surface area contributed by atoms with Crippen LogP contribution >= 0.6 is 0 Å². The predicted octanol–water partition coefficient (Wildman–Crippen LogP) is 15.6. The SMILES string of the molecule is CC(C)(C)CCc1ccc(N)cc1.CC(C)(C)CCc1ccc(NC2CCCCC2)cc1.CC(C)=CCN(c1ccc(CCC(C)(C)C)cc1)C1CCN(CCC(C)C)CC1. The van der Waals surface area contributed by atoms with Crippen LogP contribution < -0.4 is 16.0 Å². The summed E-state index contributed by atoms with van der Waals surface area (Å²) in [7, 11) is 0. The first-order chi connectivity index (χ1) is 28.6. The van der Waals surface area contributed by atoms with Gasteiger partial charge in [-0.3, -0.25) is 0 Å². The third-order valence-corrected chi connectivity index (χ3v) is 12.4. The molecule has 61 heavy (non-hydrogen) atoms. The summed E-state index contributed by atoms with van der Waals surface area (Å²) in [5, 5.41) is 3.68. The first-order valence-electron chi connectivity index (χ1n) is 24.6. The first-order valence-corrected chi connectivity index (χ1v) is 24.6. The van der Waals surface area contributed by atoms with E-state index in [0.29, 0.717) is 28.3 Å². The number of aryl methyl sites for hydroxylation is 3. The number of hydrogen-bond acceptors (Lipinski definition) is 4. The average molecular weight is 835 g/mol. The summed E-state index contributed by atoms with van der Waals surface area (Å²) in [6.45, 7) is 34.6. The molecule has 1 heterocycles. The average Bonchev–Trinajstić information content (AvgIpc) is 3.20. The molecule has 0 amide bonds. The van der Waals surface area contributed by atoms with Gasteiger partial charge in [0.2, 0.25) is 0 Å². The summed E-state index contributed by atoms with van der Waals surface area (Å²) in [4.78, 5) is 5.32. The van der Waals surface area contributed by atoms with E-state index in [1.807, 2.05) is 12.1 Å². The van der Waals surface area contributed by atoms with Gasteiger partial charge in [0.05, 0.1) is 0 Å². The molecule has 3 aromatic rings. The normalized spacial score (nSPS) is 15.6. The molecule has 5 rings (SSSR count). The quantitative estimate of drug-likeness (QED) is 0.118. The fraction of sp³-hybridized carbons (Fsp3) is 0.649. The van der Waals surface area contributed by atoms with E-state index in [1.165, 1.54) is 137 Å². The smallest absolute Gasteiger partial charge is 0.0371 e. The van der Waals surface area contributed by atoms with Crippen LogP contribution in [0.15, 0.2) is 84.4 Å². The van der Waals surface area contributed by atoms with Crippen LogP contribution in [0.4, 0.5) is 17.1 Å². The third-order valence-electron chi connectivity index (χ3n) is 12.4. The molecule has 3 N–H and O–H groups in total. The number of hydrogen-bond donors (Lipinski definition) is 2. The van der Waals surface area contributed by atoms with Crippen molar-refractivity contribution in [3.63, 3.8) is 0 Å². The van der Waals surface area contributed by atoms with Crippen LogP contribution in [0.25, 0.3) is 0 Å². The maximum Gasteiger partial charge on any atom is 0.0371 e. The fourth-order valence-corrected chi connectivity index (χ4v) is 7.99. The molecule has 1 saturated carbocycles. The number of rotatable bonds is 15. The summed E-state index contributed by atoms with van der Waals surface area (Å²) in [6.07, 6.45) is 20.4. The van der Waals surface area contributed by atoms with Crippen LogP contribution in [0.2, 0.25) is 0 Å². The molecule has 0 unspecified atom stereocenters. The summed E-state index contributed by atoms with van der Waals surface area (Å²) in [5.41, 5.74) is 16.1. The number of benzene rings is 3. The van der Waals surface area contributed by atoms with Gasteiger partial charge in [0.15, 0.2) is 0 Å². The van der Waals surface area contributed by atoms with E-state index >= 15 is 0 Å².